The van der Waals surface area contributed by atoms with Crippen LogP contribution in [-0.2, 0) is 4.74 Å². The van der Waals surface area contributed by atoms with Gasteiger partial charge in [-0.2, -0.15) is 13.2 Å². The van der Waals surface area contributed by atoms with Gasteiger partial charge in [0.05, 0.1) is 18.3 Å². The Morgan fingerprint density at radius 2 is 1.76 bits per heavy atom. The lowest BCUT2D eigenvalue weighted by atomic mass is 9.91. The lowest BCUT2D eigenvalue weighted by Crippen LogP contribution is -2.22. The van der Waals surface area contributed by atoms with Crippen LogP contribution in [0.5, 0.6) is 0 Å². The summed E-state index contributed by atoms with van der Waals surface area (Å²) in [6.45, 7) is 2.25. The Bertz CT molecular complexity index is 551. The van der Waals surface area contributed by atoms with Crippen molar-refractivity contribution in [1.82, 2.24) is 0 Å². The minimum absolute atomic E-state index is 0.105. The topological polar surface area (TPSA) is 9.23 Å². The minimum atomic E-state index is -4.79. The summed E-state index contributed by atoms with van der Waals surface area (Å²) in [6.07, 6.45) is -3.20. The molecule has 2 unspecified atom stereocenters. The molecule has 0 saturated carbocycles. The van der Waals surface area contributed by atoms with E-state index in [4.69, 9.17) is 4.74 Å². The molecule has 6 heteroatoms. The van der Waals surface area contributed by atoms with Crippen molar-refractivity contribution < 1.29 is 26.7 Å². The van der Waals surface area contributed by atoms with Crippen molar-refractivity contribution in [3.05, 3.63) is 34.9 Å². The van der Waals surface area contributed by atoms with Crippen LogP contribution in [-0.4, -0.2) is 18.9 Å². The van der Waals surface area contributed by atoms with Gasteiger partial charge in [0.15, 0.2) is 0 Å². The molecule has 0 aromatic heterocycles. The molecule has 0 amide bonds. The van der Waals surface area contributed by atoms with Gasteiger partial charge in [-0.25, -0.2) is 8.78 Å². The number of ether oxygens (including phenoxy) is 1. The maximum Gasteiger partial charge on any atom is 0.458 e. The summed E-state index contributed by atoms with van der Waals surface area (Å²) in [5.41, 5.74) is -0.476. The van der Waals surface area contributed by atoms with E-state index in [0.717, 1.165) is 24.5 Å². The van der Waals surface area contributed by atoms with Crippen molar-refractivity contribution in [2.45, 2.75) is 38.0 Å². The lowest BCUT2D eigenvalue weighted by molar-refractivity contribution is -0.0696. The Kier molecular flexibility index (Phi) is 4.52. The van der Waals surface area contributed by atoms with Gasteiger partial charge in [-0.3, -0.25) is 0 Å². The van der Waals surface area contributed by atoms with E-state index in [9.17, 15) is 22.0 Å². The molecule has 114 valence electrons. The second-order valence-electron chi connectivity index (χ2n) is 5.03. The molecule has 1 aromatic rings. The Balaban J connectivity index is 2.26. The molecule has 1 saturated heterocycles. The molecule has 0 spiro atoms. The maximum atomic E-state index is 13.8. The van der Waals surface area contributed by atoms with Gasteiger partial charge in [-0.1, -0.05) is 5.92 Å². The van der Waals surface area contributed by atoms with Crippen molar-refractivity contribution in [2.75, 3.05) is 6.61 Å². The third kappa shape index (κ3) is 4.18. The monoisotopic (exact) mass is 304 g/mol. The summed E-state index contributed by atoms with van der Waals surface area (Å²) < 4.78 is 68.9. The molecular weight excluding hydrogens is 291 g/mol. The van der Waals surface area contributed by atoms with Crippen LogP contribution in [0.3, 0.4) is 0 Å². The number of benzene rings is 1. The van der Waals surface area contributed by atoms with Gasteiger partial charge in [-0.05, 0) is 37.5 Å². The van der Waals surface area contributed by atoms with Crippen LogP contribution in [0, 0.1) is 23.5 Å². The second-order valence-corrected chi connectivity index (χ2v) is 5.03. The standard InChI is InChI=1S/C15H13F5O/c1-9-2-3-10(8-21-9)11-6-13(16)12(14(17)7-11)4-5-15(18,19)20/h6-7,9-10H,2-3,8H2,1H3. The smallest absolute Gasteiger partial charge is 0.378 e. The van der Waals surface area contributed by atoms with Gasteiger partial charge < -0.3 is 4.74 Å². The van der Waals surface area contributed by atoms with Crippen LogP contribution >= 0.6 is 0 Å². The molecule has 1 fully saturated rings. The van der Waals surface area contributed by atoms with Crippen LogP contribution < -0.4 is 0 Å². The molecule has 1 heterocycles. The summed E-state index contributed by atoms with van der Waals surface area (Å²) in [5.74, 6) is 0.0485. The molecule has 0 aliphatic carbocycles. The number of alkyl halides is 3. The predicted octanol–water partition coefficient (Wildman–Crippen LogP) is 4.16. The summed E-state index contributed by atoms with van der Waals surface area (Å²) in [6, 6.07) is 2.07. The van der Waals surface area contributed by atoms with Gasteiger partial charge in [-0.15, -0.1) is 0 Å². The molecule has 1 nitrogen and oxygen atoms in total. The fourth-order valence-electron chi connectivity index (χ4n) is 2.23. The summed E-state index contributed by atoms with van der Waals surface area (Å²) in [5, 5.41) is 0. The van der Waals surface area contributed by atoms with Crippen molar-refractivity contribution in [3.8, 4) is 11.8 Å². The van der Waals surface area contributed by atoms with E-state index in [1.165, 1.54) is 5.92 Å². The van der Waals surface area contributed by atoms with E-state index in [2.05, 4.69) is 0 Å². The van der Waals surface area contributed by atoms with Gasteiger partial charge >= 0.3 is 6.18 Å². The molecule has 21 heavy (non-hydrogen) atoms. The maximum absolute atomic E-state index is 13.8. The van der Waals surface area contributed by atoms with E-state index < -0.39 is 23.4 Å². The number of halogens is 5. The molecule has 0 radical (unpaired) electrons. The molecule has 0 N–H and O–H groups in total. The molecule has 2 rings (SSSR count). The molecule has 1 aromatic carbocycles. The third-order valence-corrected chi connectivity index (χ3v) is 3.37. The van der Waals surface area contributed by atoms with Gasteiger partial charge in [0.25, 0.3) is 0 Å². The largest absolute Gasteiger partial charge is 0.458 e. The summed E-state index contributed by atoms with van der Waals surface area (Å²) in [4.78, 5) is 0. The predicted molar refractivity (Wildman–Crippen MR) is 66.7 cm³/mol. The van der Waals surface area contributed by atoms with Gasteiger partial charge in [0.1, 0.15) is 11.6 Å². The van der Waals surface area contributed by atoms with Crippen molar-refractivity contribution in [1.29, 1.82) is 0 Å². The fraction of sp³-hybridized carbons (Fsp3) is 0.467. The molecule has 0 bridgehead atoms. The zero-order valence-electron chi connectivity index (χ0n) is 11.2. The molecule has 2 atom stereocenters. The first-order valence-corrected chi connectivity index (χ1v) is 6.46. The zero-order valence-corrected chi connectivity index (χ0v) is 11.2. The first kappa shape index (κ1) is 15.8. The van der Waals surface area contributed by atoms with Crippen molar-refractivity contribution in [3.63, 3.8) is 0 Å². The Labute approximate surface area is 119 Å². The van der Waals surface area contributed by atoms with Crippen LogP contribution in [0.2, 0.25) is 0 Å². The van der Waals surface area contributed by atoms with Crippen LogP contribution in [0.4, 0.5) is 22.0 Å². The fourth-order valence-corrected chi connectivity index (χ4v) is 2.23. The van der Waals surface area contributed by atoms with Crippen molar-refractivity contribution in [2.24, 2.45) is 0 Å². The number of hydrogen-bond donors (Lipinski definition) is 0. The van der Waals surface area contributed by atoms with E-state index in [0.29, 0.717) is 18.6 Å². The highest BCUT2D eigenvalue weighted by Gasteiger charge is 2.25. The quantitative estimate of drug-likeness (QED) is 0.559. The van der Waals surface area contributed by atoms with Gasteiger partial charge in [0.2, 0.25) is 0 Å². The molecular formula is C15H13F5O. The first-order valence-electron chi connectivity index (χ1n) is 6.46. The SMILES string of the molecule is CC1CCC(c2cc(F)c(C#CC(F)(F)F)c(F)c2)CO1. The highest BCUT2D eigenvalue weighted by atomic mass is 19.4. The number of hydrogen-bond acceptors (Lipinski definition) is 1. The van der Waals surface area contributed by atoms with E-state index >= 15 is 0 Å². The minimum Gasteiger partial charge on any atom is -0.378 e. The Morgan fingerprint density at radius 3 is 2.24 bits per heavy atom. The van der Waals surface area contributed by atoms with E-state index in [-0.39, 0.29) is 12.0 Å². The van der Waals surface area contributed by atoms with Crippen LogP contribution in [0.25, 0.3) is 0 Å². The van der Waals surface area contributed by atoms with Crippen LogP contribution in [0.15, 0.2) is 12.1 Å². The Morgan fingerprint density at radius 1 is 1.14 bits per heavy atom. The molecule has 1 aliphatic heterocycles. The average Bonchev–Trinajstić information content (AvgIpc) is 2.37. The summed E-state index contributed by atoms with van der Waals surface area (Å²) >= 11 is 0. The second kappa shape index (κ2) is 6.02. The number of rotatable bonds is 1. The highest BCUT2D eigenvalue weighted by Crippen LogP contribution is 2.30. The Hall–Kier alpha value is -1.61. The first-order chi connectivity index (χ1) is 9.76. The van der Waals surface area contributed by atoms with Crippen molar-refractivity contribution >= 4 is 0 Å². The van der Waals surface area contributed by atoms with Gasteiger partial charge in [0, 0.05) is 11.8 Å². The average molecular weight is 304 g/mol. The van der Waals surface area contributed by atoms with E-state index in [1.54, 1.807) is 0 Å². The van der Waals surface area contributed by atoms with Crippen LogP contribution in [0.1, 0.15) is 36.8 Å². The third-order valence-electron chi connectivity index (χ3n) is 3.37. The highest BCUT2D eigenvalue weighted by molar-refractivity contribution is 5.40. The normalized spacial score (nSPS) is 22.6. The zero-order chi connectivity index (χ0) is 15.6. The lowest BCUT2D eigenvalue weighted by Gasteiger charge is -2.27. The van der Waals surface area contributed by atoms with E-state index in [1.807, 2.05) is 6.92 Å². The molecule has 1 aliphatic rings. The summed E-state index contributed by atoms with van der Waals surface area (Å²) in [7, 11) is 0.